The van der Waals surface area contributed by atoms with E-state index in [0.29, 0.717) is 28.2 Å². The van der Waals surface area contributed by atoms with Crippen molar-refractivity contribution < 1.29 is 17.7 Å². The summed E-state index contributed by atoms with van der Waals surface area (Å²) >= 11 is 1.27. The summed E-state index contributed by atoms with van der Waals surface area (Å²) in [5.74, 6) is 0.675. The Morgan fingerprint density at radius 3 is 2.34 bits per heavy atom. The second-order valence-corrected chi connectivity index (χ2v) is 8.61. The Hall–Kier alpha value is -3.92. The highest BCUT2D eigenvalue weighted by Gasteiger charge is 2.30. The predicted octanol–water partition coefficient (Wildman–Crippen LogP) is 5.81. The van der Waals surface area contributed by atoms with Crippen molar-refractivity contribution in [2.75, 3.05) is 0 Å². The minimum absolute atomic E-state index is 0.155. The van der Waals surface area contributed by atoms with Crippen LogP contribution in [0.5, 0.6) is 0 Å². The first-order chi connectivity index (χ1) is 16.9. The SMILES string of the molecule is O=c1c2ccccc2nc(SCc2nc(-c3ccc(C(F)(F)F)cc3)no2)n1Cc1ccccc1. The molecule has 0 radical (unpaired) electrons. The molecular formula is C25H17F3N4O2S. The van der Waals surface area contributed by atoms with Gasteiger partial charge < -0.3 is 4.52 Å². The van der Waals surface area contributed by atoms with Gasteiger partial charge in [0.15, 0.2) is 5.16 Å². The topological polar surface area (TPSA) is 73.8 Å². The van der Waals surface area contributed by atoms with E-state index in [1.54, 1.807) is 22.8 Å². The van der Waals surface area contributed by atoms with Crippen molar-refractivity contribution in [3.63, 3.8) is 0 Å². The number of thioether (sulfide) groups is 1. The van der Waals surface area contributed by atoms with Gasteiger partial charge in [-0.3, -0.25) is 9.36 Å². The van der Waals surface area contributed by atoms with Crippen molar-refractivity contribution in [2.45, 2.75) is 23.6 Å². The maximum Gasteiger partial charge on any atom is 0.416 e. The average Bonchev–Trinajstić information content (AvgIpc) is 3.34. The lowest BCUT2D eigenvalue weighted by atomic mass is 10.1. The Labute approximate surface area is 201 Å². The van der Waals surface area contributed by atoms with Crippen LogP contribution in [0.25, 0.3) is 22.3 Å². The number of hydrogen-bond donors (Lipinski definition) is 0. The van der Waals surface area contributed by atoms with Gasteiger partial charge in [0.25, 0.3) is 5.56 Å². The van der Waals surface area contributed by atoms with Crippen molar-refractivity contribution in [2.24, 2.45) is 0 Å². The van der Waals surface area contributed by atoms with E-state index in [1.807, 2.05) is 36.4 Å². The highest BCUT2D eigenvalue weighted by molar-refractivity contribution is 7.98. The van der Waals surface area contributed by atoms with Gasteiger partial charge in [-0.05, 0) is 29.8 Å². The summed E-state index contributed by atoms with van der Waals surface area (Å²) in [4.78, 5) is 22.2. The molecule has 0 saturated heterocycles. The minimum atomic E-state index is -4.42. The molecule has 5 rings (SSSR count). The number of hydrogen-bond acceptors (Lipinski definition) is 6. The second kappa shape index (κ2) is 9.38. The number of halogens is 3. The number of benzene rings is 3. The summed E-state index contributed by atoms with van der Waals surface area (Å²) in [5, 5.41) is 4.89. The molecule has 2 heterocycles. The molecule has 0 atom stereocenters. The van der Waals surface area contributed by atoms with Crippen LogP contribution in [0.3, 0.4) is 0 Å². The van der Waals surface area contributed by atoms with Crippen LogP contribution in [0, 0.1) is 0 Å². The molecule has 5 aromatic rings. The van der Waals surface area contributed by atoms with Crippen LogP contribution in [-0.2, 0) is 18.5 Å². The second-order valence-electron chi connectivity index (χ2n) is 7.66. The van der Waals surface area contributed by atoms with Crippen LogP contribution in [0.2, 0.25) is 0 Å². The van der Waals surface area contributed by atoms with E-state index in [-0.39, 0.29) is 23.0 Å². The molecule has 0 N–H and O–H groups in total. The lowest BCUT2D eigenvalue weighted by Crippen LogP contribution is -2.24. The lowest BCUT2D eigenvalue weighted by Gasteiger charge is -2.12. The van der Waals surface area contributed by atoms with Gasteiger partial charge in [0.2, 0.25) is 11.7 Å². The van der Waals surface area contributed by atoms with E-state index in [1.165, 1.54) is 23.9 Å². The fraction of sp³-hybridized carbons (Fsp3) is 0.120. The molecule has 0 unspecified atom stereocenters. The van der Waals surface area contributed by atoms with Crippen LogP contribution in [0.4, 0.5) is 13.2 Å². The Balaban J connectivity index is 1.41. The van der Waals surface area contributed by atoms with Gasteiger partial charge in [-0.2, -0.15) is 18.2 Å². The zero-order chi connectivity index (χ0) is 24.4. The van der Waals surface area contributed by atoms with E-state index in [9.17, 15) is 18.0 Å². The summed E-state index contributed by atoms with van der Waals surface area (Å²) in [7, 11) is 0. The number of fused-ring (bicyclic) bond motifs is 1. The molecule has 0 aliphatic heterocycles. The monoisotopic (exact) mass is 494 g/mol. The van der Waals surface area contributed by atoms with E-state index in [0.717, 1.165) is 17.7 Å². The van der Waals surface area contributed by atoms with Crippen molar-refractivity contribution in [3.05, 3.63) is 106 Å². The first-order valence-electron chi connectivity index (χ1n) is 10.5. The summed E-state index contributed by atoms with van der Waals surface area (Å²) in [6.07, 6.45) is -4.42. The molecule has 176 valence electrons. The molecule has 0 spiro atoms. The number of rotatable bonds is 6. The molecule has 0 fully saturated rings. The molecule has 0 aliphatic carbocycles. The number of aromatic nitrogens is 4. The zero-order valence-electron chi connectivity index (χ0n) is 18.1. The fourth-order valence-electron chi connectivity index (χ4n) is 3.53. The third-order valence-electron chi connectivity index (χ3n) is 5.27. The Kier molecular flexibility index (Phi) is 6.12. The lowest BCUT2D eigenvalue weighted by molar-refractivity contribution is -0.137. The van der Waals surface area contributed by atoms with Gasteiger partial charge in [-0.15, -0.1) is 0 Å². The van der Waals surface area contributed by atoms with Crippen molar-refractivity contribution >= 4 is 22.7 Å². The van der Waals surface area contributed by atoms with Crippen LogP contribution in [-0.4, -0.2) is 19.7 Å². The maximum absolute atomic E-state index is 13.2. The first kappa shape index (κ1) is 22.9. The van der Waals surface area contributed by atoms with Crippen LogP contribution in [0.1, 0.15) is 17.0 Å². The number of alkyl halides is 3. The van der Waals surface area contributed by atoms with Crippen LogP contribution >= 0.6 is 11.8 Å². The minimum Gasteiger partial charge on any atom is -0.338 e. The third kappa shape index (κ3) is 4.97. The van der Waals surface area contributed by atoms with Gasteiger partial charge in [-0.25, -0.2) is 4.98 Å². The van der Waals surface area contributed by atoms with E-state index >= 15 is 0 Å². The largest absolute Gasteiger partial charge is 0.416 e. The molecule has 0 saturated carbocycles. The summed E-state index contributed by atoms with van der Waals surface area (Å²) in [5.41, 5.74) is 1.04. The third-order valence-corrected chi connectivity index (χ3v) is 6.23. The van der Waals surface area contributed by atoms with Crippen molar-refractivity contribution in [1.29, 1.82) is 0 Å². The Morgan fingerprint density at radius 2 is 1.60 bits per heavy atom. The molecule has 0 amide bonds. The molecule has 2 aromatic heterocycles. The standard InChI is InChI=1S/C25H17F3N4O2S/c26-25(27,28)18-12-10-17(11-13-18)22-30-21(34-31-22)15-35-24-29-20-9-5-4-8-19(20)23(33)32(24)14-16-6-2-1-3-7-16/h1-13H,14-15H2. The molecule has 35 heavy (non-hydrogen) atoms. The van der Waals surface area contributed by atoms with Gasteiger partial charge >= 0.3 is 6.18 Å². The maximum atomic E-state index is 13.2. The average molecular weight is 494 g/mol. The zero-order valence-corrected chi connectivity index (χ0v) is 18.9. The molecule has 0 bridgehead atoms. The predicted molar refractivity (Wildman–Crippen MR) is 126 cm³/mol. The Morgan fingerprint density at radius 1 is 0.886 bits per heavy atom. The highest BCUT2D eigenvalue weighted by Crippen LogP contribution is 2.31. The smallest absolute Gasteiger partial charge is 0.338 e. The molecule has 6 nitrogen and oxygen atoms in total. The van der Waals surface area contributed by atoms with Crippen LogP contribution in [0.15, 0.2) is 93.3 Å². The first-order valence-corrected chi connectivity index (χ1v) is 11.5. The number of para-hydroxylation sites is 1. The molecular weight excluding hydrogens is 477 g/mol. The van der Waals surface area contributed by atoms with Gasteiger partial charge in [0.1, 0.15) is 0 Å². The normalized spacial score (nSPS) is 11.7. The molecule has 3 aromatic carbocycles. The summed E-state index contributed by atoms with van der Waals surface area (Å²) in [6, 6.07) is 21.3. The highest BCUT2D eigenvalue weighted by atomic mass is 32.2. The summed E-state index contributed by atoms with van der Waals surface area (Å²) < 4.78 is 45.3. The van der Waals surface area contributed by atoms with Crippen molar-refractivity contribution in [1.82, 2.24) is 19.7 Å². The van der Waals surface area contributed by atoms with Gasteiger partial charge in [0, 0.05) is 5.56 Å². The Bertz CT molecular complexity index is 1530. The molecule has 10 heteroatoms. The summed E-state index contributed by atoms with van der Waals surface area (Å²) in [6.45, 7) is 0.348. The molecule has 0 aliphatic rings. The quantitative estimate of drug-likeness (QED) is 0.219. The van der Waals surface area contributed by atoms with E-state index < -0.39 is 11.7 Å². The fourth-order valence-corrected chi connectivity index (χ4v) is 4.36. The van der Waals surface area contributed by atoms with E-state index in [2.05, 4.69) is 15.1 Å². The van der Waals surface area contributed by atoms with E-state index in [4.69, 9.17) is 4.52 Å². The number of nitrogens with zero attached hydrogens (tertiary/aromatic N) is 4. The van der Waals surface area contributed by atoms with Crippen LogP contribution < -0.4 is 5.56 Å². The van der Waals surface area contributed by atoms with Gasteiger partial charge in [0.05, 0.1) is 28.8 Å². The van der Waals surface area contributed by atoms with Gasteiger partial charge in [-0.1, -0.05) is 71.5 Å². The van der Waals surface area contributed by atoms with Crippen molar-refractivity contribution in [3.8, 4) is 11.4 Å².